The number of hydrogen-bond acceptors (Lipinski definition) is 3. The number of carboxylic acid groups (broad SMARTS) is 1. The molecule has 1 aromatic rings. The Morgan fingerprint density at radius 1 is 1.47 bits per heavy atom. The smallest absolute Gasteiger partial charge is 0.406 e. The van der Waals surface area contributed by atoms with E-state index < -0.39 is 24.7 Å². The Morgan fingerprint density at radius 3 is 2.58 bits per heavy atom. The Kier molecular flexibility index (Phi) is 4.76. The zero-order chi connectivity index (χ0) is 14.6. The van der Waals surface area contributed by atoms with Gasteiger partial charge in [-0.2, -0.15) is 13.2 Å². The van der Waals surface area contributed by atoms with Gasteiger partial charge in [-0.25, -0.2) is 9.59 Å². The number of anilines is 1. The third-order valence-corrected chi connectivity index (χ3v) is 2.99. The summed E-state index contributed by atoms with van der Waals surface area (Å²) in [4.78, 5) is 23.0. The Morgan fingerprint density at radius 2 is 2.11 bits per heavy atom. The molecule has 0 spiro atoms. The molecule has 1 heterocycles. The first-order valence-electron chi connectivity index (χ1n) is 5.18. The van der Waals surface area contributed by atoms with Crippen molar-refractivity contribution < 1.29 is 27.9 Å². The first kappa shape index (κ1) is 15.3. The van der Waals surface area contributed by atoms with E-state index in [0.29, 0.717) is 4.90 Å². The van der Waals surface area contributed by atoms with Gasteiger partial charge >= 0.3 is 18.2 Å². The average Bonchev–Trinajstić information content (AvgIpc) is 2.72. The Balaban J connectivity index is 2.77. The minimum atomic E-state index is -4.50. The summed E-state index contributed by atoms with van der Waals surface area (Å²) in [6.07, 6.45) is -4.50. The van der Waals surface area contributed by atoms with E-state index in [-0.39, 0.29) is 17.1 Å². The van der Waals surface area contributed by atoms with E-state index in [0.717, 1.165) is 11.3 Å². The lowest BCUT2D eigenvalue weighted by Crippen LogP contribution is -2.41. The molecule has 9 heteroatoms. The molecule has 0 radical (unpaired) electrons. The summed E-state index contributed by atoms with van der Waals surface area (Å²) < 4.78 is 36.7. The Bertz CT molecular complexity index is 473. The fourth-order valence-electron chi connectivity index (χ4n) is 1.29. The minimum Gasteiger partial charge on any atom is -0.478 e. The highest BCUT2D eigenvalue weighted by atomic mass is 32.1. The van der Waals surface area contributed by atoms with Crippen LogP contribution in [0.25, 0.3) is 0 Å². The van der Waals surface area contributed by atoms with Crippen molar-refractivity contribution in [1.29, 1.82) is 0 Å². The number of halogens is 3. The van der Waals surface area contributed by atoms with E-state index in [9.17, 15) is 22.8 Å². The molecular formula is C10H11F3N2O3S. The van der Waals surface area contributed by atoms with E-state index >= 15 is 0 Å². The molecule has 0 aliphatic heterocycles. The third kappa shape index (κ3) is 4.43. The summed E-state index contributed by atoms with van der Waals surface area (Å²) in [6.45, 7) is -0.125. The molecule has 0 fully saturated rings. The zero-order valence-corrected chi connectivity index (χ0v) is 10.6. The summed E-state index contributed by atoms with van der Waals surface area (Å²) in [7, 11) is 0. The average molecular weight is 296 g/mol. The maximum Gasteiger partial charge on any atom is 0.406 e. The first-order chi connectivity index (χ1) is 8.74. The minimum absolute atomic E-state index is 0.0122. The van der Waals surface area contributed by atoms with E-state index in [4.69, 9.17) is 5.11 Å². The second-order valence-corrected chi connectivity index (χ2v) is 4.44. The number of nitrogens with zero attached hydrogens (tertiary/aromatic N) is 1. The number of nitrogens with one attached hydrogen (secondary N) is 1. The number of carbonyl (C=O) groups excluding carboxylic acids is 1. The molecule has 19 heavy (non-hydrogen) atoms. The van der Waals surface area contributed by atoms with Crippen LogP contribution < -0.4 is 5.32 Å². The van der Waals surface area contributed by atoms with Gasteiger partial charge in [0.1, 0.15) is 11.5 Å². The Hall–Kier alpha value is -1.77. The van der Waals surface area contributed by atoms with Crippen LogP contribution in [0.4, 0.5) is 23.0 Å². The van der Waals surface area contributed by atoms with Gasteiger partial charge in [-0.05, 0) is 18.4 Å². The number of alkyl halides is 3. The SMILES string of the molecule is CCN(CC(F)(F)F)C(=O)Nc1sccc1C(=O)O. The molecule has 1 aromatic heterocycles. The monoisotopic (exact) mass is 296 g/mol. The highest BCUT2D eigenvalue weighted by Gasteiger charge is 2.32. The number of amides is 2. The van der Waals surface area contributed by atoms with Crippen molar-refractivity contribution in [2.75, 3.05) is 18.4 Å². The fraction of sp³-hybridized carbons (Fsp3) is 0.400. The zero-order valence-electron chi connectivity index (χ0n) is 9.82. The van der Waals surface area contributed by atoms with Crippen LogP contribution in [-0.4, -0.2) is 41.3 Å². The van der Waals surface area contributed by atoms with Crippen molar-refractivity contribution in [3.63, 3.8) is 0 Å². The lowest BCUT2D eigenvalue weighted by Gasteiger charge is -2.22. The van der Waals surface area contributed by atoms with Crippen LogP contribution in [0, 0.1) is 0 Å². The van der Waals surface area contributed by atoms with Gasteiger partial charge in [-0.3, -0.25) is 5.32 Å². The number of carbonyl (C=O) groups is 2. The summed E-state index contributed by atoms with van der Waals surface area (Å²) in [5.74, 6) is -1.25. The topological polar surface area (TPSA) is 69.6 Å². The van der Waals surface area contributed by atoms with Gasteiger partial charge in [-0.1, -0.05) is 0 Å². The number of carboxylic acids is 1. The van der Waals surface area contributed by atoms with Crippen molar-refractivity contribution in [3.05, 3.63) is 17.0 Å². The van der Waals surface area contributed by atoms with Crippen LogP contribution in [0.1, 0.15) is 17.3 Å². The number of thiophene rings is 1. The lowest BCUT2D eigenvalue weighted by atomic mass is 10.3. The van der Waals surface area contributed by atoms with Gasteiger partial charge in [0.2, 0.25) is 0 Å². The maximum atomic E-state index is 12.2. The van der Waals surface area contributed by atoms with E-state index in [1.165, 1.54) is 18.4 Å². The third-order valence-electron chi connectivity index (χ3n) is 2.16. The Labute approximate surface area is 110 Å². The van der Waals surface area contributed by atoms with Crippen LogP contribution in [0.3, 0.4) is 0 Å². The molecule has 2 amide bonds. The molecule has 106 valence electrons. The largest absolute Gasteiger partial charge is 0.478 e. The van der Waals surface area contributed by atoms with Crippen LogP contribution in [0.5, 0.6) is 0 Å². The fourth-order valence-corrected chi connectivity index (χ4v) is 2.06. The van der Waals surface area contributed by atoms with Crippen LogP contribution >= 0.6 is 11.3 Å². The molecule has 0 bridgehead atoms. The number of aromatic carboxylic acids is 1. The number of hydrogen-bond donors (Lipinski definition) is 2. The molecule has 0 aromatic carbocycles. The van der Waals surface area contributed by atoms with Crippen LogP contribution in [0.2, 0.25) is 0 Å². The summed E-state index contributed by atoms with van der Waals surface area (Å²) >= 11 is 0.931. The first-order valence-corrected chi connectivity index (χ1v) is 6.06. The van der Waals surface area contributed by atoms with E-state index in [1.807, 2.05) is 0 Å². The predicted octanol–water partition coefficient (Wildman–Crippen LogP) is 2.86. The van der Waals surface area contributed by atoms with Crippen LogP contribution in [0.15, 0.2) is 11.4 Å². The molecule has 1 rings (SSSR count). The van der Waals surface area contributed by atoms with E-state index in [2.05, 4.69) is 5.32 Å². The van der Waals surface area contributed by atoms with Crippen molar-refractivity contribution in [1.82, 2.24) is 4.90 Å². The van der Waals surface area contributed by atoms with E-state index in [1.54, 1.807) is 0 Å². The molecule has 0 aliphatic carbocycles. The van der Waals surface area contributed by atoms with Gasteiger partial charge in [-0.15, -0.1) is 11.3 Å². The maximum absolute atomic E-state index is 12.2. The summed E-state index contributed by atoms with van der Waals surface area (Å²) in [5, 5.41) is 12.4. The molecular weight excluding hydrogens is 285 g/mol. The van der Waals surface area contributed by atoms with Crippen molar-refractivity contribution in [2.45, 2.75) is 13.1 Å². The highest BCUT2D eigenvalue weighted by Crippen LogP contribution is 2.24. The second-order valence-electron chi connectivity index (χ2n) is 3.53. The van der Waals surface area contributed by atoms with Crippen LogP contribution in [-0.2, 0) is 0 Å². The standard InChI is InChI=1S/C10H11F3N2O3S/c1-2-15(5-10(11,12)13)9(18)14-7-6(8(16)17)3-4-19-7/h3-4H,2,5H2,1H3,(H,14,18)(H,16,17). The normalized spacial score (nSPS) is 11.2. The van der Waals surface area contributed by atoms with Gasteiger partial charge in [0, 0.05) is 6.54 Å². The quantitative estimate of drug-likeness (QED) is 0.897. The van der Waals surface area contributed by atoms with Gasteiger partial charge < -0.3 is 10.0 Å². The molecule has 0 unspecified atom stereocenters. The number of urea groups is 1. The number of rotatable bonds is 4. The highest BCUT2D eigenvalue weighted by molar-refractivity contribution is 7.14. The molecule has 0 aliphatic rings. The molecule has 0 atom stereocenters. The summed E-state index contributed by atoms with van der Waals surface area (Å²) in [6, 6.07) is 0.285. The van der Waals surface area contributed by atoms with Gasteiger partial charge in [0.25, 0.3) is 0 Å². The lowest BCUT2D eigenvalue weighted by molar-refractivity contribution is -0.139. The molecule has 5 nitrogen and oxygen atoms in total. The van der Waals surface area contributed by atoms with Crippen molar-refractivity contribution >= 4 is 28.3 Å². The van der Waals surface area contributed by atoms with Gasteiger partial charge in [0.15, 0.2) is 0 Å². The predicted molar refractivity (Wildman–Crippen MR) is 63.6 cm³/mol. The molecule has 0 saturated carbocycles. The summed E-state index contributed by atoms with van der Waals surface area (Å²) in [5.41, 5.74) is -0.151. The molecule has 0 saturated heterocycles. The van der Waals surface area contributed by atoms with Crippen molar-refractivity contribution in [3.8, 4) is 0 Å². The van der Waals surface area contributed by atoms with Gasteiger partial charge in [0.05, 0.1) is 5.56 Å². The van der Waals surface area contributed by atoms with Crippen molar-refractivity contribution in [2.24, 2.45) is 0 Å². The molecule has 2 N–H and O–H groups in total. The second kappa shape index (κ2) is 5.91.